The predicted octanol–water partition coefficient (Wildman–Crippen LogP) is 2.81. The molecule has 2 nitrogen and oxygen atoms in total. The Labute approximate surface area is 99.6 Å². The predicted molar refractivity (Wildman–Crippen MR) is 65.6 cm³/mol. The molecule has 1 atom stereocenters. The smallest absolute Gasteiger partial charge is 0.224 e. The van der Waals surface area contributed by atoms with Crippen LogP contribution in [-0.4, -0.2) is 17.8 Å². The van der Waals surface area contributed by atoms with Crippen molar-refractivity contribution in [3.63, 3.8) is 0 Å². The van der Waals surface area contributed by atoms with Crippen molar-refractivity contribution in [3.8, 4) is 0 Å². The molecule has 0 spiro atoms. The van der Waals surface area contributed by atoms with Crippen LogP contribution in [0.4, 0.5) is 0 Å². The molecule has 1 unspecified atom stereocenters. The highest BCUT2D eigenvalue weighted by Gasteiger charge is 2.10. The van der Waals surface area contributed by atoms with Gasteiger partial charge in [0.1, 0.15) is 0 Å². The van der Waals surface area contributed by atoms with Gasteiger partial charge in [-0.15, -0.1) is 11.6 Å². The van der Waals surface area contributed by atoms with Gasteiger partial charge in [0.15, 0.2) is 0 Å². The van der Waals surface area contributed by atoms with Crippen LogP contribution in [0.2, 0.25) is 0 Å². The number of halogens is 1. The monoisotopic (exact) mass is 245 g/mol. The molecular formula is C11H16ClNOS. The summed E-state index contributed by atoms with van der Waals surface area (Å²) in [5.41, 5.74) is 1.08. The van der Waals surface area contributed by atoms with Crippen molar-refractivity contribution in [1.29, 1.82) is 0 Å². The number of thiophene rings is 1. The number of carbonyl (C=O) groups is 1. The second kappa shape index (κ2) is 6.85. The first-order valence-corrected chi connectivity index (χ1v) is 6.60. The van der Waals surface area contributed by atoms with E-state index in [1.165, 1.54) is 0 Å². The lowest BCUT2D eigenvalue weighted by molar-refractivity contribution is -0.121. The van der Waals surface area contributed by atoms with E-state index in [1.807, 2.05) is 16.8 Å². The van der Waals surface area contributed by atoms with E-state index in [4.69, 9.17) is 11.6 Å². The molecule has 0 saturated carbocycles. The number of alkyl halides is 1. The molecule has 0 bridgehead atoms. The molecule has 84 valence electrons. The standard InChI is InChI=1S/C11H16ClNOS/c1-2-10(3-5-12)13-11(14)7-9-4-6-15-8-9/h4,6,8,10H,2-3,5,7H2,1H3,(H,13,14). The van der Waals surface area contributed by atoms with E-state index in [2.05, 4.69) is 12.2 Å². The van der Waals surface area contributed by atoms with E-state index < -0.39 is 0 Å². The van der Waals surface area contributed by atoms with Crippen molar-refractivity contribution in [3.05, 3.63) is 22.4 Å². The minimum absolute atomic E-state index is 0.0883. The summed E-state index contributed by atoms with van der Waals surface area (Å²) in [6.45, 7) is 2.06. The normalized spacial score (nSPS) is 12.4. The van der Waals surface area contributed by atoms with Crippen LogP contribution < -0.4 is 5.32 Å². The lowest BCUT2D eigenvalue weighted by Crippen LogP contribution is -2.35. The Bertz CT molecular complexity index is 287. The van der Waals surface area contributed by atoms with Gasteiger partial charge in [0.05, 0.1) is 6.42 Å². The average Bonchev–Trinajstić information content (AvgIpc) is 2.69. The Hall–Kier alpha value is -0.540. The van der Waals surface area contributed by atoms with Gasteiger partial charge in [-0.2, -0.15) is 11.3 Å². The number of nitrogens with one attached hydrogen (secondary N) is 1. The fourth-order valence-corrected chi connectivity index (χ4v) is 2.30. The molecule has 1 aromatic rings. The Morgan fingerprint density at radius 1 is 1.67 bits per heavy atom. The molecule has 0 fully saturated rings. The highest BCUT2D eigenvalue weighted by atomic mass is 35.5. The summed E-state index contributed by atoms with van der Waals surface area (Å²) >= 11 is 7.27. The number of hydrogen-bond donors (Lipinski definition) is 1. The molecule has 0 aliphatic heterocycles. The Morgan fingerprint density at radius 2 is 2.47 bits per heavy atom. The minimum atomic E-state index is 0.0883. The van der Waals surface area contributed by atoms with Crippen LogP contribution in [0.3, 0.4) is 0 Å². The molecule has 15 heavy (non-hydrogen) atoms. The van der Waals surface area contributed by atoms with Crippen molar-refractivity contribution in [2.75, 3.05) is 5.88 Å². The second-order valence-corrected chi connectivity index (χ2v) is 4.62. The molecule has 0 aliphatic carbocycles. The first-order valence-electron chi connectivity index (χ1n) is 5.12. The van der Waals surface area contributed by atoms with Gasteiger partial charge in [0, 0.05) is 11.9 Å². The van der Waals surface area contributed by atoms with Crippen LogP contribution in [0, 0.1) is 0 Å². The van der Waals surface area contributed by atoms with Crippen LogP contribution in [0.25, 0.3) is 0 Å². The number of carbonyl (C=O) groups excluding carboxylic acids is 1. The van der Waals surface area contributed by atoms with Gasteiger partial charge < -0.3 is 5.32 Å². The van der Waals surface area contributed by atoms with Gasteiger partial charge in [-0.25, -0.2) is 0 Å². The third-order valence-electron chi connectivity index (χ3n) is 2.26. The van der Waals surface area contributed by atoms with E-state index >= 15 is 0 Å². The Balaban J connectivity index is 2.34. The molecule has 0 aliphatic rings. The van der Waals surface area contributed by atoms with Crippen LogP contribution >= 0.6 is 22.9 Å². The molecule has 4 heteroatoms. The van der Waals surface area contributed by atoms with Crippen LogP contribution in [-0.2, 0) is 11.2 Å². The number of hydrogen-bond acceptors (Lipinski definition) is 2. The zero-order valence-electron chi connectivity index (χ0n) is 8.83. The molecule has 0 saturated heterocycles. The molecule has 1 amide bonds. The van der Waals surface area contributed by atoms with E-state index in [-0.39, 0.29) is 11.9 Å². The second-order valence-electron chi connectivity index (χ2n) is 3.46. The maximum Gasteiger partial charge on any atom is 0.224 e. The van der Waals surface area contributed by atoms with Crippen LogP contribution in [0.1, 0.15) is 25.3 Å². The van der Waals surface area contributed by atoms with Gasteiger partial charge in [0.25, 0.3) is 0 Å². The van der Waals surface area contributed by atoms with Gasteiger partial charge in [-0.05, 0) is 35.2 Å². The molecule has 0 radical (unpaired) electrons. The molecular weight excluding hydrogens is 230 g/mol. The molecule has 1 heterocycles. The summed E-state index contributed by atoms with van der Waals surface area (Å²) in [6, 6.07) is 2.20. The van der Waals surface area contributed by atoms with E-state index in [0.717, 1.165) is 18.4 Å². The van der Waals surface area contributed by atoms with Gasteiger partial charge in [-0.3, -0.25) is 4.79 Å². The van der Waals surface area contributed by atoms with Crippen molar-refractivity contribution in [1.82, 2.24) is 5.32 Å². The van der Waals surface area contributed by atoms with Gasteiger partial charge in [0.2, 0.25) is 5.91 Å². The minimum Gasteiger partial charge on any atom is -0.353 e. The lowest BCUT2D eigenvalue weighted by Gasteiger charge is -2.15. The Morgan fingerprint density at radius 3 is 3.00 bits per heavy atom. The first kappa shape index (κ1) is 12.5. The van der Waals surface area contributed by atoms with E-state index in [1.54, 1.807) is 11.3 Å². The zero-order chi connectivity index (χ0) is 11.1. The molecule has 1 N–H and O–H groups in total. The fourth-order valence-electron chi connectivity index (χ4n) is 1.37. The number of amides is 1. The SMILES string of the molecule is CCC(CCCl)NC(=O)Cc1ccsc1. The van der Waals surface area contributed by atoms with E-state index in [0.29, 0.717) is 12.3 Å². The molecule has 1 rings (SSSR count). The lowest BCUT2D eigenvalue weighted by atomic mass is 10.1. The van der Waals surface area contributed by atoms with Crippen molar-refractivity contribution in [2.24, 2.45) is 0 Å². The molecule has 0 aromatic carbocycles. The maximum atomic E-state index is 11.6. The summed E-state index contributed by atoms with van der Waals surface area (Å²) in [5, 5.41) is 6.97. The van der Waals surface area contributed by atoms with Crippen LogP contribution in [0.15, 0.2) is 16.8 Å². The van der Waals surface area contributed by atoms with Crippen molar-refractivity contribution in [2.45, 2.75) is 32.2 Å². The molecule has 1 aromatic heterocycles. The van der Waals surface area contributed by atoms with E-state index in [9.17, 15) is 4.79 Å². The summed E-state index contributed by atoms with van der Waals surface area (Å²) in [4.78, 5) is 11.6. The maximum absolute atomic E-state index is 11.6. The fraction of sp³-hybridized carbons (Fsp3) is 0.545. The highest BCUT2D eigenvalue weighted by molar-refractivity contribution is 7.07. The quantitative estimate of drug-likeness (QED) is 0.768. The number of rotatable bonds is 6. The van der Waals surface area contributed by atoms with Gasteiger partial charge in [-0.1, -0.05) is 6.92 Å². The summed E-state index contributed by atoms with van der Waals surface area (Å²) in [5.74, 6) is 0.683. The van der Waals surface area contributed by atoms with Crippen LogP contribution in [0.5, 0.6) is 0 Å². The van der Waals surface area contributed by atoms with Gasteiger partial charge >= 0.3 is 0 Å². The largest absolute Gasteiger partial charge is 0.353 e. The Kier molecular flexibility index (Phi) is 5.73. The third kappa shape index (κ3) is 4.67. The average molecular weight is 246 g/mol. The van der Waals surface area contributed by atoms with Crippen molar-refractivity contribution >= 4 is 28.8 Å². The zero-order valence-corrected chi connectivity index (χ0v) is 10.4. The summed E-state index contributed by atoms with van der Waals surface area (Å²) in [6.07, 6.45) is 2.25. The van der Waals surface area contributed by atoms with Crippen molar-refractivity contribution < 1.29 is 4.79 Å². The topological polar surface area (TPSA) is 29.1 Å². The highest BCUT2D eigenvalue weighted by Crippen LogP contribution is 2.07. The summed E-state index contributed by atoms with van der Waals surface area (Å²) < 4.78 is 0. The third-order valence-corrected chi connectivity index (χ3v) is 3.21. The first-order chi connectivity index (χ1) is 7.26. The summed E-state index contributed by atoms with van der Waals surface area (Å²) in [7, 11) is 0.